The molecule has 2 unspecified atom stereocenters. The highest BCUT2D eigenvalue weighted by Gasteiger charge is 2.25. The Kier molecular flexibility index (Phi) is 6.10. The first kappa shape index (κ1) is 16.8. The lowest BCUT2D eigenvalue weighted by atomic mass is 9.96. The average molecular weight is 329 g/mol. The van der Waals surface area contributed by atoms with Gasteiger partial charge in [-0.3, -0.25) is 0 Å². The maximum Gasteiger partial charge on any atom is 0.216 e. The summed E-state index contributed by atoms with van der Waals surface area (Å²) in [5.41, 5.74) is 1.45. The number of nitrogens with one attached hydrogen (secondary N) is 1. The second-order valence-corrected chi connectivity index (χ2v) is 8.47. The standard InChI is InChI=1S/C15H23NO3S2/c1-20-15-7-3-6-14(9-15)16-21(18,19)11-13-5-2-4-12(8-13)10-17/h2,4-5,8,14-17H,3,6-7,9-11H2,1H3. The summed E-state index contributed by atoms with van der Waals surface area (Å²) in [7, 11) is -3.33. The van der Waals surface area contributed by atoms with Crippen molar-refractivity contribution >= 4 is 21.8 Å². The second kappa shape index (κ2) is 7.63. The Labute approximate surface area is 131 Å². The van der Waals surface area contributed by atoms with Gasteiger partial charge in [0.1, 0.15) is 0 Å². The molecule has 2 rings (SSSR count). The summed E-state index contributed by atoms with van der Waals surface area (Å²) < 4.78 is 27.4. The summed E-state index contributed by atoms with van der Waals surface area (Å²) in [5, 5.41) is 9.67. The third kappa shape index (κ3) is 5.29. The fourth-order valence-electron chi connectivity index (χ4n) is 2.80. The van der Waals surface area contributed by atoms with E-state index in [1.807, 2.05) is 11.8 Å². The quantitative estimate of drug-likeness (QED) is 0.840. The van der Waals surface area contributed by atoms with Gasteiger partial charge in [0.05, 0.1) is 12.4 Å². The first-order chi connectivity index (χ1) is 10.0. The van der Waals surface area contributed by atoms with Gasteiger partial charge in [0.25, 0.3) is 0 Å². The summed E-state index contributed by atoms with van der Waals surface area (Å²) in [6.07, 6.45) is 6.18. The molecule has 1 fully saturated rings. The Morgan fingerprint density at radius 1 is 1.33 bits per heavy atom. The van der Waals surface area contributed by atoms with Gasteiger partial charge in [0, 0.05) is 11.3 Å². The Balaban J connectivity index is 1.98. The molecule has 0 bridgehead atoms. The van der Waals surface area contributed by atoms with Crippen molar-refractivity contribution < 1.29 is 13.5 Å². The van der Waals surface area contributed by atoms with Crippen molar-refractivity contribution in [1.82, 2.24) is 4.72 Å². The van der Waals surface area contributed by atoms with Crippen LogP contribution in [0, 0.1) is 0 Å². The van der Waals surface area contributed by atoms with Crippen molar-refractivity contribution in [1.29, 1.82) is 0 Å². The third-order valence-electron chi connectivity index (χ3n) is 3.84. The molecule has 6 heteroatoms. The number of hydrogen-bond acceptors (Lipinski definition) is 4. The summed E-state index contributed by atoms with van der Waals surface area (Å²) in [6, 6.07) is 7.14. The maximum absolute atomic E-state index is 12.3. The first-order valence-corrected chi connectivity index (χ1v) is 10.2. The lowest BCUT2D eigenvalue weighted by Crippen LogP contribution is -2.39. The zero-order valence-electron chi connectivity index (χ0n) is 12.3. The minimum atomic E-state index is -3.33. The van der Waals surface area contributed by atoms with E-state index in [9.17, 15) is 8.42 Å². The van der Waals surface area contributed by atoms with Crippen LogP contribution in [0.4, 0.5) is 0 Å². The van der Waals surface area contributed by atoms with Gasteiger partial charge < -0.3 is 5.11 Å². The summed E-state index contributed by atoms with van der Waals surface area (Å²) in [5.74, 6) is -0.0265. The summed E-state index contributed by atoms with van der Waals surface area (Å²) in [4.78, 5) is 0. The molecule has 1 aliphatic rings. The fourth-order valence-corrected chi connectivity index (χ4v) is 5.05. The number of sulfonamides is 1. The van der Waals surface area contributed by atoms with Crippen LogP contribution in [-0.4, -0.2) is 31.1 Å². The van der Waals surface area contributed by atoms with E-state index >= 15 is 0 Å². The minimum Gasteiger partial charge on any atom is -0.392 e. The molecule has 0 aromatic heterocycles. The van der Waals surface area contributed by atoms with Crippen molar-refractivity contribution in [3.63, 3.8) is 0 Å². The minimum absolute atomic E-state index is 0.0265. The Bertz CT molecular complexity index is 560. The van der Waals surface area contributed by atoms with Crippen LogP contribution >= 0.6 is 11.8 Å². The lowest BCUT2D eigenvalue weighted by molar-refractivity contribution is 0.281. The van der Waals surface area contributed by atoms with Crippen LogP contribution in [0.1, 0.15) is 36.8 Å². The smallest absolute Gasteiger partial charge is 0.216 e. The van der Waals surface area contributed by atoms with E-state index in [4.69, 9.17) is 5.11 Å². The zero-order chi connectivity index (χ0) is 15.3. The maximum atomic E-state index is 12.3. The van der Waals surface area contributed by atoms with Crippen LogP contribution in [0.2, 0.25) is 0 Å². The first-order valence-electron chi connectivity index (χ1n) is 7.24. The molecule has 118 valence electrons. The molecule has 2 atom stereocenters. The Morgan fingerprint density at radius 2 is 2.10 bits per heavy atom. The highest BCUT2D eigenvalue weighted by Crippen LogP contribution is 2.27. The van der Waals surface area contributed by atoms with Gasteiger partial charge in [-0.15, -0.1) is 0 Å². The monoisotopic (exact) mass is 329 g/mol. The molecule has 1 saturated carbocycles. The zero-order valence-corrected chi connectivity index (χ0v) is 13.9. The molecule has 0 amide bonds. The molecule has 0 saturated heterocycles. The predicted molar refractivity (Wildman–Crippen MR) is 87.7 cm³/mol. The van der Waals surface area contributed by atoms with E-state index in [-0.39, 0.29) is 18.4 Å². The van der Waals surface area contributed by atoms with E-state index in [1.165, 1.54) is 6.42 Å². The number of hydrogen-bond donors (Lipinski definition) is 2. The molecule has 4 nitrogen and oxygen atoms in total. The molecule has 0 heterocycles. The van der Waals surface area contributed by atoms with Gasteiger partial charge in [0.15, 0.2) is 0 Å². The van der Waals surface area contributed by atoms with Gasteiger partial charge in [-0.05, 0) is 36.6 Å². The van der Waals surface area contributed by atoms with E-state index in [2.05, 4.69) is 11.0 Å². The molecule has 0 spiro atoms. The van der Waals surface area contributed by atoms with Crippen molar-refractivity contribution in [3.8, 4) is 0 Å². The van der Waals surface area contributed by atoms with E-state index in [0.717, 1.165) is 24.8 Å². The second-order valence-electron chi connectivity index (χ2n) is 5.58. The van der Waals surface area contributed by atoms with Crippen LogP contribution in [-0.2, 0) is 22.4 Å². The molecule has 1 aliphatic carbocycles. The third-order valence-corrected chi connectivity index (χ3v) is 6.34. The number of aliphatic hydroxyl groups is 1. The lowest BCUT2D eigenvalue weighted by Gasteiger charge is -2.28. The van der Waals surface area contributed by atoms with Gasteiger partial charge >= 0.3 is 0 Å². The average Bonchev–Trinajstić information content (AvgIpc) is 2.46. The normalized spacial score (nSPS) is 23.1. The van der Waals surface area contributed by atoms with Crippen LogP contribution in [0.15, 0.2) is 24.3 Å². The van der Waals surface area contributed by atoms with Crippen LogP contribution < -0.4 is 4.72 Å². The molecule has 2 N–H and O–H groups in total. The Hall–Kier alpha value is -0.560. The highest BCUT2D eigenvalue weighted by molar-refractivity contribution is 7.99. The van der Waals surface area contributed by atoms with Crippen molar-refractivity contribution in [3.05, 3.63) is 35.4 Å². The SMILES string of the molecule is CSC1CCCC(NS(=O)(=O)Cc2cccc(CO)c2)C1. The van der Waals surface area contributed by atoms with Crippen molar-refractivity contribution in [2.24, 2.45) is 0 Å². The summed E-state index contributed by atoms with van der Waals surface area (Å²) in [6.45, 7) is -0.0701. The summed E-state index contributed by atoms with van der Waals surface area (Å²) >= 11 is 1.82. The van der Waals surface area contributed by atoms with Crippen molar-refractivity contribution in [2.45, 2.75) is 49.3 Å². The molecular formula is C15H23NO3S2. The number of rotatable bonds is 6. The van der Waals surface area contributed by atoms with Gasteiger partial charge in [-0.1, -0.05) is 30.7 Å². The van der Waals surface area contributed by atoms with Crippen LogP contribution in [0.5, 0.6) is 0 Å². The van der Waals surface area contributed by atoms with E-state index < -0.39 is 10.0 Å². The van der Waals surface area contributed by atoms with Gasteiger partial charge in [0.2, 0.25) is 10.0 Å². The largest absolute Gasteiger partial charge is 0.392 e. The number of thioether (sulfide) groups is 1. The highest BCUT2D eigenvalue weighted by atomic mass is 32.2. The Morgan fingerprint density at radius 3 is 2.81 bits per heavy atom. The topological polar surface area (TPSA) is 66.4 Å². The van der Waals surface area contributed by atoms with Crippen molar-refractivity contribution in [2.75, 3.05) is 6.26 Å². The fraction of sp³-hybridized carbons (Fsp3) is 0.600. The molecular weight excluding hydrogens is 306 g/mol. The molecule has 1 aromatic rings. The predicted octanol–water partition coefficient (Wildman–Crippen LogP) is 2.27. The molecule has 21 heavy (non-hydrogen) atoms. The molecule has 0 radical (unpaired) electrons. The van der Waals surface area contributed by atoms with Crippen LogP contribution in [0.25, 0.3) is 0 Å². The number of aliphatic hydroxyl groups excluding tert-OH is 1. The van der Waals surface area contributed by atoms with Crippen LogP contribution in [0.3, 0.4) is 0 Å². The van der Waals surface area contributed by atoms with Gasteiger partial charge in [-0.25, -0.2) is 13.1 Å². The molecule has 0 aliphatic heterocycles. The van der Waals surface area contributed by atoms with E-state index in [0.29, 0.717) is 10.8 Å². The molecule has 1 aromatic carbocycles. The number of benzene rings is 1. The van der Waals surface area contributed by atoms with Gasteiger partial charge in [-0.2, -0.15) is 11.8 Å². The van der Waals surface area contributed by atoms with E-state index in [1.54, 1.807) is 24.3 Å².